The van der Waals surface area contributed by atoms with Crippen LogP contribution in [0.15, 0.2) is 53.1 Å². The molecule has 78 valence electrons. The first-order chi connectivity index (χ1) is 7.93. The van der Waals surface area contributed by atoms with Gasteiger partial charge in [0, 0.05) is 5.56 Å². The molecule has 0 spiro atoms. The van der Waals surface area contributed by atoms with Crippen LogP contribution in [-0.2, 0) is 0 Å². The highest BCUT2D eigenvalue weighted by atomic mass is 32.1. The van der Waals surface area contributed by atoms with Crippen molar-refractivity contribution in [2.24, 2.45) is 0 Å². The molecular weight excluding hydrogens is 220 g/mol. The Bertz CT molecular complexity index is 572. The molecule has 0 atom stereocenters. The number of aromatic nitrogens is 2. The van der Waals surface area contributed by atoms with Crippen molar-refractivity contribution >= 4 is 11.5 Å². The van der Waals surface area contributed by atoms with Gasteiger partial charge in [0.05, 0.1) is 6.26 Å². The maximum Gasteiger partial charge on any atom is 0.179 e. The molecule has 1 aromatic carbocycles. The van der Waals surface area contributed by atoms with E-state index in [1.54, 1.807) is 6.26 Å². The summed E-state index contributed by atoms with van der Waals surface area (Å²) < 4.78 is 9.59. The predicted molar refractivity (Wildman–Crippen MR) is 63.0 cm³/mol. The molecule has 2 heterocycles. The Morgan fingerprint density at radius 3 is 2.62 bits per heavy atom. The molecule has 3 aromatic rings. The lowest BCUT2D eigenvalue weighted by atomic mass is 10.2. The normalized spacial score (nSPS) is 10.5. The van der Waals surface area contributed by atoms with Gasteiger partial charge < -0.3 is 4.42 Å². The van der Waals surface area contributed by atoms with Crippen molar-refractivity contribution in [2.45, 2.75) is 0 Å². The van der Waals surface area contributed by atoms with Crippen molar-refractivity contribution in [1.29, 1.82) is 0 Å². The summed E-state index contributed by atoms with van der Waals surface area (Å²) in [5, 5.41) is 0.809. The summed E-state index contributed by atoms with van der Waals surface area (Å²) in [5.41, 5.74) is 1.02. The summed E-state index contributed by atoms with van der Waals surface area (Å²) in [6.45, 7) is 0. The SMILES string of the molecule is c1ccc(-c2nsc(-c3ccco3)n2)cc1. The summed E-state index contributed by atoms with van der Waals surface area (Å²) in [7, 11) is 0. The molecular formula is C12H8N2OS. The Morgan fingerprint density at radius 2 is 1.88 bits per heavy atom. The Balaban J connectivity index is 2.00. The fourth-order valence-corrected chi connectivity index (χ4v) is 2.08. The predicted octanol–water partition coefficient (Wildman–Crippen LogP) is 3.47. The summed E-state index contributed by atoms with van der Waals surface area (Å²) in [6, 6.07) is 13.6. The van der Waals surface area contributed by atoms with Crippen LogP contribution in [-0.4, -0.2) is 9.36 Å². The first-order valence-corrected chi connectivity index (χ1v) is 5.64. The van der Waals surface area contributed by atoms with Crippen LogP contribution in [0, 0.1) is 0 Å². The number of benzene rings is 1. The molecule has 0 fully saturated rings. The van der Waals surface area contributed by atoms with E-state index in [1.165, 1.54) is 11.5 Å². The van der Waals surface area contributed by atoms with Gasteiger partial charge in [-0.2, -0.15) is 4.37 Å². The second-order valence-electron chi connectivity index (χ2n) is 3.27. The molecule has 0 saturated carbocycles. The van der Waals surface area contributed by atoms with Crippen molar-refractivity contribution in [3.8, 4) is 22.2 Å². The quantitative estimate of drug-likeness (QED) is 0.674. The van der Waals surface area contributed by atoms with E-state index in [-0.39, 0.29) is 0 Å². The van der Waals surface area contributed by atoms with E-state index < -0.39 is 0 Å². The van der Waals surface area contributed by atoms with Crippen LogP contribution in [0.5, 0.6) is 0 Å². The van der Waals surface area contributed by atoms with Crippen LogP contribution in [0.2, 0.25) is 0 Å². The lowest BCUT2D eigenvalue weighted by molar-refractivity contribution is 0.582. The molecule has 4 heteroatoms. The molecule has 0 saturated heterocycles. The van der Waals surface area contributed by atoms with Gasteiger partial charge in [0.25, 0.3) is 0 Å². The standard InChI is InChI=1S/C12H8N2OS/c1-2-5-9(6-3-1)11-13-12(16-14-11)10-7-4-8-15-10/h1-8H. The van der Waals surface area contributed by atoms with Gasteiger partial charge in [-0.05, 0) is 23.7 Å². The molecule has 2 aromatic heterocycles. The lowest BCUT2D eigenvalue weighted by Gasteiger charge is -1.91. The third kappa shape index (κ3) is 1.63. The Morgan fingerprint density at radius 1 is 1.00 bits per heavy atom. The molecule has 0 N–H and O–H groups in total. The largest absolute Gasteiger partial charge is 0.462 e. The van der Waals surface area contributed by atoms with Crippen LogP contribution in [0.3, 0.4) is 0 Å². The molecule has 0 unspecified atom stereocenters. The van der Waals surface area contributed by atoms with Crippen LogP contribution < -0.4 is 0 Å². The zero-order valence-electron chi connectivity index (χ0n) is 8.33. The fraction of sp³-hybridized carbons (Fsp3) is 0. The number of hydrogen-bond donors (Lipinski definition) is 0. The van der Waals surface area contributed by atoms with Gasteiger partial charge in [-0.25, -0.2) is 4.98 Å². The van der Waals surface area contributed by atoms with E-state index >= 15 is 0 Å². The summed E-state index contributed by atoms with van der Waals surface area (Å²) in [5.74, 6) is 1.51. The first kappa shape index (κ1) is 9.30. The highest BCUT2D eigenvalue weighted by molar-refractivity contribution is 7.09. The third-order valence-corrected chi connectivity index (χ3v) is 2.92. The third-order valence-electron chi connectivity index (χ3n) is 2.19. The molecule has 0 radical (unpaired) electrons. The minimum Gasteiger partial charge on any atom is -0.462 e. The zero-order valence-corrected chi connectivity index (χ0v) is 9.15. The van der Waals surface area contributed by atoms with Gasteiger partial charge in [0.1, 0.15) is 0 Å². The monoisotopic (exact) mass is 228 g/mol. The van der Waals surface area contributed by atoms with E-state index in [9.17, 15) is 0 Å². The topological polar surface area (TPSA) is 38.9 Å². The van der Waals surface area contributed by atoms with Gasteiger partial charge in [-0.1, -0.05) is 30.3 Å². The van der Waals surface area contributed by atoms with E-state index in [2.05, 4.69) is 9.36 Å². The Labute approximate surface area is 96.6 Å². The van der Waals surface area contributed by atoms with Crippen molar-refractivity contribution in [2.75, 3.05) is 0 Å². The second kappa shape index (κ2) is 3.90. The van der Waals surface area contributed by atoms with Crippen molar-refractivity contribution in [3.05, 3.63) is 48.7 Å². The molecule has 0 aliphatic rings. The van der Waals surface area contributed by atoms with Gasteiger partial charge in [-0.15, -0.1) is 0 Å². The molecule has 0 aliphatic heterocycles. The minimum atomic E-state index is 0.747. The fourth-order valence-electron chi connectivity index (χ4n) is 1.43. The summed E-state index contributed by atoms with van der Waals surface area (Å²) >= 11 is 1.35. The van der Waals surface area contributed by atoms with Crippen molar-refractivity contribution in [1.82, 2.24) is 9.36 Å². The molecule has 3 nitrogen and oxygen atoms in total. The van der Waals surface area contributed by atoms with Crippen molar-refractivity contribution < 1.29 is 4.42 Å². The number of furan rings is 1. The number of rotatable bonds is 2. The lowest BCUT2D eigenvalue weighted by Crippen LogP contribution is -1.79. The highest BCUT2D eigenvalue weighted by Crippen LogP contribution is 2.25. The van der Waals surface area contributed by atoms with Crippen LogP contribution >= 0.6 is 11.5 Å². The summed E-state index contributed by atoms with van der Waals surface area (Å²) in [4.78, 5) is 4.44. The van der Waals surface area contributed by atoms with Gasteiger partial charge >= 0.3 is 0 Å². The highest BCUT2D eigenvalue weighted by Gasteiger charge is 2.09. The van der Waals surface area contributed by atoms with Gasteiger partial charge in [0.2, 0.25) is 0 Å². The molecule has 0 bridgehead atoms. The van der Waals surface area contributed by atoms with Crippen LogP contribution in [0.25, 0.3) is 22.2 Å². The average molecular weight is 228 g/mol. The Hall–Kier alpha value is -1.94. The Kier molecular flexibility index (Phi) is 2.27. The van der Waals surface area contributed by atoms with Crippen molar-refractivity contribution in [3.63, 3.8) is 0 Å². The first-order valence-electron chi connectivity index (χ1n) is 4.86. The average Bonchev–Trinajstić information content (AvgIpc) is 3.01. The number of hydrogen-bond acceptors (Lipinski definition) is 4. The maximum atomic E-state index is 5.28. The second-order valence-corrected chi connectivity index (χ2v) is 4.02. The molecule has 0 amide bonds. The zero-order chi connectivity index (χ0) is 10.8. The minimum absolute atomic E-state index is 0.747. The molecule has 16 heavy (non-hydrogen) atoms. The smallest absolute Gasteiger partial charge is 0.179 e. The van der Waals surface area contributed by atoms with Gasteiger partial charge in [0.15, 0.2) is 16.6 Å². The van der Waals surface area contributed by atoms with E-state index in [0.29, 0.717) is 0 Å². The maximum absolute atomic E-state index is 5.28. The van der Waals surface area contributed by atoms with E-state index in [0.717, 1.165) is 22.2 Å². The van der Waals surface area contributed by atoms with Crippen LogP contribution in [0.1, 0.15) is 0 Å². The van der Waals surface area contributed by atoms with Gasteiger partial charge in [-0.3, -0.25) is 0 Å². The van der Waals surface area contributed by atoms with Crippen LogP contribution in [0.4, 0.5) is 0 Å². The van der Waals surface area contributed by atoms with E-state index in [4.69, 9.17) is 4.42 Å². The summed E-state index contributed by atoms with van der Waals surface area (Å²) in [6.07, 6.45) is 1.64. The molecule has 3 rings (SSSR count). The van der Waals surface area contributed by atoms with E-state index in [1.807, 2.05) is 42.5 Å². The molecule has 0 aliphatic carbocycles. The number of nitrogens with zero attached hydrogens (tertiary/aromatic N) is 2.